The molecule has 0 radical (unpaired) electrons. The molecule has 2 aromatic rings. The minimum absolute atomic E-state index is 0.0774. The molecule has 0 atom stereocenters. The fourth-order valence-electron chi connectivity index (χ4n) is 1.71. The molecule has 0 aliphatic heterocycles. The number of likely N-dealkylation sites (N-methyl/N-ethyl adjacent to an activating group) is 1. The first-order chi connectivity index (χ1) is 10.4. The summed E-state index contributed by atoms with van der Waals surface area (Å²) in [6, 6.07) is 9.10. The van der Waals surface area contributed by atoms with E-state index in [2.05, 4.69) is 10.3 Å². The molecule has 0 aliphatic carbocycles. The van der Waals surface area contributed by atoms with E-state index in [0.29, 0.717) is 10.7 Å². The van der Waals surface area contributed by atoms with Gasteiger partial charge in [0.05, 0.1) is 23.3 Å². The number of hydrogen-bond donors (Lipinski definition) is 1. The minimum atomic E-state index is -3.74. The predicted octanol–water partition coefficient (Wildman–Crippen LogP) is 1.99. The Bertz CT molecular complexity index is 749. The molecule has 1 N–H and O–H groups in total. The van der Waals surface area contributed by atoms with Crippen molar-refractivity contribution < 1.29 is 13.2 Å². The smallest absolute Gasteiger partial charge is 0.243 e. The monoisotopic (exact) mass is 339 g/mol. The zero-order valence-corrected chi connectivity index (χ0v) is 13.3. The molecule has 0 spiro atoms. The van der Waals surface area contributed by atoms with Gasteiger partial charge in [0.15, 0.2) is 0 Å². The Balaban J connectivity index is 2.06. The lowest BCUT2D eigenvalue weighted by atomic mass is 10.4. The average molecular weight is 340 g/mol. The Morgan fingerprint density at radius 3 is 2.55 bits per heavy atom. The van der Waals surface area contributed by atoms with Crippen LogP contribution in [-0.4, -0.2) is 37.2 Å². The molecule has 0 bridgehead atoms. The highest BCUT2D eigenvalue weighted by Crippen LogP contribution is 2.17. The molecule has 116 valence electrons. The highest BCUT2D eigenvalue weighted by Gasteiger charge is 2.22. The number of sulfonamides is 1. The van der Waals surface area contributed by atoms with Crippen LogP contribution in [0.1, 0.15) is 0 Å². The van der Waals surface area contributed by atoms with E-state index in [1.165, 1.54) is 37.5 Å². The van der Waals surface area contributed by atoms with Gasteiger partial charge in [0.25, 0.3) is 0 Å². The quantitative estimate of drug-likeness (QED) is 0.903. The van der Waals surface area contributed by atoms with Gasteiger partial charge >= 0.3 is 0 Å². The predicted molar refractivity (Wildman–Crippen MR) is 84.1 cm³/mol. The van der Waals surface area contributed by atoms with Crippen LogP contribution in [0.2, 0.25) is 5.02 Å². The number of hydrogen-bond acceptors (Lipinski definition) is 4. The Hall–Kier alpha value is -1.96. The van der Waals surface area contributed by atoms with E-state index in [1.54, 1.807) is 18.3 Å². The second-order valence-corrected chi connectivity index (χ2v) is 6.99. The summed E-state index contributed by atoms with van der Waals surface area (Å²) in [7, 11) is -2.40. The molecule has 0 saturated carbocycles. The highest BCUT2D eigenvalue weighted by atomic mass is 35.5. The number of anilines is 1. The second-order valence-electron chi connectivity index (χ2n) is 4.50. The number of amides is 1. The summed E-state index contributed by atoms with van der Waals surface area (Å²) < 4.78 is 25.6. The van der Waals surface area contributed by atoms with Crippen molar-refractivity contribution in [3.05, 3.63) is 53.8 Å². The van der Waals surface area contributed by atoms with Crippen molar-refractivity contribution in [3.8, 4) is 0 Å². The molecule has 1 amide bonds. The summed E-state index contributed by atoms with van der Waals surface area (Å²) in [6.07, 6.45) is 3.05. The van der Waals surface area contributed by atoms with E-state index < -0.39 is 15.9 Å². The van der Waals surface area contributed by atoms with Gasteiger partial charge in [0, 0.05) is 18.3 Å². The largest absolute Gasteiger partial charge is 0.324 e. The molecule has 1 aromatic heterocycles. The molecule has 0 fully saturated rings. The van der Waals surface area contributed by atoms with E-state index >= 15 is 0 Å². The molecular weight excluding hydrogens is 326 g/mol. The summed E-state index contributed by atoms with van der Waals surface area (Å²) in [5, 5.41) is 3.02. The van der Waals surface area contributed by atoms with Gasteiger partial charge in [-0.15, -0.1) is 0 Å². The normalized spacial score (nSPS) is 11.4. The van der Waals surface area contributed by atoms with Crippen molar-refractivity contribution in [2.45, 2.75) is 4.90 Å². The third-order valence-corrected chi connectivity index (χ3v) is 4.90. The maximum absolute atomic E-state index is 12.3. The second kappa shape index (κ2) is 6.87. The number of aromatic nitrogens is 1. The molecule has 1 aromatic carbocycles. The first kappa shape index (κ1) is 16.4. The lowest BCUT2D eigenvalue weighted by Crippen LogP contribution is -2.34. The van der Waals surface area contributed by atoms with Gasteiger partial charge in [-0.2, -0.15) is 4.31 Å². The van der Waals surface area contributed by atoms with Gasteiger partial charge in [0.1, 0.15) is 0 Å². The van der Waals surface area contributed by atoms with Gasteiger partial charge in [-0.1, -0.05) is 11.6 Å². The van der Waals surface area contributed by atoms with Gasteiger partial charge in [0.2, 0.25) is 15.9 Å². The van der Waals surface area contributed by atoms with Crippen LogP contribution in [-0.2, 0) is 14.8 Å². The van der Waals surface area contributed by atoms with Crippen molar-refractivity contribution >= 4 is 33.2 Å². The zero-order chi connectivity index (χ0) is 16.2. The lowest BCUT2D eigenvalue weighted by molar-refractivity contribution is -0.116. The summed E-state index contributed by atoms with van der Waals surface area (Å²) in [5.41, 5.74) is 0.504. The first-order valence-corrected chi connectivity index (χ1v) is 8.13. The van der Waals surface area contributed by atoms with Gasteiger partial charge in [-0.3, -0.25) is 9.78 Å². The molecule has 6 nitrogen and oxygen atoms in total. The third kappa shape index (κ3) is 4.03. The number of benzene rings is 1. The van der Waals surface area contributed by atoms with Crippen LogP contribution in [0.4, 0.5) is 5.69 Å². The fraction of sp³-hybridized carbons (Fsp3) is 0.143. The van der Waals surface area contributed by atoms with E-state index in [-0.39, 0.29) is 11.4 Å². The number of halogens is 1. The third-order valence-electron chi connectivity index (χ3n) is 2.83. The Kier molecular flexibility index (Phi) is 5.12. The fourth-order valence-corrected chi connectivity index (χ4v) is 2.96. The topological polar surface area (TPSA) is 79.4 Å². The van der Waals surface area contributed by atoms with Crippen molar-refractivity contribution in [1.82, 2.24) is 9.29 Å². The Morgan fingerprint density at radius 1 is 1.27 bits per heavy atom. The molecule has 0 unspecified atom stereocenters. The number of carbonyl (C=O) groups is 1. The maximum Gasteiger partial charge on any atom is 0.243 e. The molecule has 0 aliphatic rings. The van der Waals surface area contributed by atoms with Crippen LogP contribution in [0.5, 0.6) is 0 Å². The average Bonchev–Trinajstić information content (AvgIpc) is 2.48. The number of rotatable bonds is 5. The maximum atomic E-state index is 12.3. The van der Waals surface area contributed by atoms with Crippen molar-refractivity contribution in [3.63, 3.8) is 0 Å². The number of nitrogens with zero attached hydrogens (tertiary/aromatic N) is 2. The van der Waals surface area contributed by atoms with Crippen molar-refractivity contribution in [2.24, 2.45) is 0 Å². The zero-order valence-electron chi connectivity index (χ0n) is 11.7. The Labute approximate surface area is 133 Å². The van der Waals surface area contributed by atoms with E-state index in [0.717, 1.165) is 4.31 Å². The number of carbonyl (C=O) groups excluding carboxylic acids is 1. The standard InChI is InChI=1S/C14H14ClN3O3S/c1-18(10-14(19)17-12-3-2-8-16-9-12)22(20,21)13-6-4-11(15)5-7-13/h2-9H,10H2,1H3,(H,17,19). The number of pyridine rings is 1. The molecule has 8 heteroatoms. The first-order valence-electron chi connectivity index (χ1n) is 6.31. The summed E-state index contributed by atoms with van der Waals surface area (Å²) in [4.78, 5) is 15.8. The van der Waals surface area contributed by atoms with Crippen LogP contribution in [0.15, 0.2) is 53.7 Å². The van der Waals surface area contributed by atoms with Crippen LogP contribution in [0.25, 0.3) is 0 Å². The van der Waals surface area contributed by atoms with Crippen molar-refractivity contribution in [2.75, 3.05) is 18.9 Å². The van der Waals surface area contributed by atoms with Gasteiger partial charge in [-0.05, 0) is 36.4 Å². The summed E-state index contributed by atoms with van der Waals surface area (Å²) >= 11 is 5.74. The van der Waals surface area contributed by atoms with Crippen LogP contribution < -0.4 is 5.32 Å². The van der Waals surface area contributed by atoms with E-state index in [9.17, 15) is 13.2 Å². The lowest BCUT2D eigenvalue weighted by Gasteiger charge is -2.16. The molecule has 2 rings (SSSR count). The van der Waals surface area contributed by atoms with Gasteiger partial charge < -0.3 is 5.32 Å². The highest BCUT2D eigenvalue weighted by molar-refractivity contribution is 7.89. The number of nitrogens with one attached hydrogen (secondary N) is 1. The van der Waals surface area contributed by atoms with Crippen LogP contribution >= 0.6 is 11.6 Å². The van der Waals surface area contributed by atoms with E-state index in [4.69, 9.17) is 11.6 Å². The SMILES string of the molecule is CN(CC(=O)Nc1cccnc1)S(=O)(=O)c1ccc(Cl)cc1. The molecule has 0 saturated heterocycles. The Morgan fingerprint density at radius 2 is 1.95 bits per heavy atom. The minimum Gasteiger partial charge on any atom is -0.324 e. The summed E-state index contributed by atoms with van der Waals surface area (Å²) in [6.45, 7) is -0.306. The molecule has 1 heterocycles. The van der Waals surface area contributed by atoms with Crippen LogP contribution in [0, 0.1) is 0 Å². The molecule has 22 heavy (non-hydrogen) atoms. The van der Waals surface area contributed by atoms with E-state index in [1.807, 2.05) is 0 Å². The van der Waals surface area contributed by atoms with Gasteiger partial charge in [-0.25, -0.2) is 8.42 Å². The van der Waals surface area contributed by atoms with Crippen LogP contribution in [0.3, 0.4) is 0 Å². The summed E-state index contributed by atoms with van der Waals surface area (Å²) in [5.74, 6) is -0.451. The van der Waals surface area contributed by atoms with Crippen molar-refractivity contribution in [1.29, 1.82) is 0 Å². The molecular formula is C14H14ClN3O3S.